The van der Waals surface area contributed by atoms with Gasteiger partial charge in [0.1, 0.15) is 11.8 Å². The summed E-state index contributed by atoms with van der Waals surface area (Å²) < 4.78 is 6.49. The molecule has 0 saturated carbocycles. The van der Waals surface area contributed by atoms with E-state index in [0.29, 0.717) is 6.04 Å². The number of halogens is 1. The topological polar surface area (TPSA) is 45.0 Å². The third-order valence-corrected chi connectivity index (χ3v) is 2.85. The fraction of sp³-hybridized carbons (Fsp3) is 0.462. The van der Waals surface area contributed by atoms with Crippen molar-refractivity contribution in [2.75, 3.05) is 0 Å². The minimum Gasteiger partial charge on any atom is -0.474 e. The number of nitrogens with zero attached hydrogens (tertiary/aromatic N) is 1. The summed E-state index contributed by atoms with van der Waals surface area (Å²) in [5.41, 5.74) is 1.05. The summed E-state index contributed by atoms with van der Waals surface area (Å²) in [6.45, 7) is 6.65. The number of para-hydroxylation sites is 1. The zero-order chi connectivity index (χ0) is 12.8. The van der Waals surface area contributed by atoms with E-state index in [9.17, 15) is 0 Å². The predicted molar refractivity (Wildman–Crippen MR) is 71.8 cm³/mol. The monoisotopic (exact) mass is 296 g/mol. The second kappa shape index (κ2) is 6.63. The van der Waals surface area contributed by atoms with E-state index < -0.39 is 6.10 Å². The zero-order valence-corrected chi connectivity index (χ0v) is 11.9. The molecule has 0 radical (unpaired) electrons. The number of rotatable bonds is 5. The van der Waals surface area contributed by atoms with Crippen molar-refractivity contribution < 1.29 is 4.74 Å². The zero-order valence-electron chi connectivity index (χ0n) is 10.3. The third kappa shape index (κ3) is 4.37. The van der Waals surface area contributed by atoms with Gasteiger partial charge in [-0.2, -0.15) is 5.26 Å². The van der Waals surface area contributed by atoms with E-state index in [1.165, 1.54) is 0 Å². The SMILES string of the molecule is CC(C)NCc1cccc(Br)c1OC(C)C#N. The molecule has 0 aliphatic heterocycles. The van der Waals surface area contributed by atoms with Crippen LogP contribution < -0.4 is 10.1 Å². The Hall–Kier alpha value is -1.05. The van der Waals surface area contributed by atoms with Gasteiger partial charge in [0.25, 0.3) is 0 Å². The maximum atomic E-state index is 8.79. The molecule has 1 aromatic carbocycles. The van der Waals surface area contributed by atoms with Gasteiger partial charge >= 0.3 is 0 Å². The summed E-state index contributed by atoms with van der Waals surface area (Å²) >= 11 is 3.45. The van der Waals surface area contributed by atoms with Crippen molar-refractivity contribution in [3.63, 3.8) is 0 Å². The van der Waals surface area contributed by atoms with Crippen LogP contribution in [0.25, 0.3) is 0 Å². The molecule has 92 valence electrons. The van der Waals surface area contributed by atoms with Crippen LogP contribution >= 0.6 is 15.9 Å². The Morgan fingerprint density at radius 3 is 2.71 bits per heavy atom. The van der Waals surface area contributed by atoms with E-state index in [4.69, 9.17) is 10.00 Å². The van der Waals surface area contributed by atoms with E-state index in [0.717, 1.165) is 22.3 Å². The van der Waals surface area contributed by atoms with Crippen LogP contribution in [0, 0.1) is 11.3 Å². The van der Waals surface area contributed by atoms with Gasteiger partial charge in [-0.1, -0.05) is 26.0 Å². The lowest BCUT2D eigenvalue weighted by molar-refractivity contribution is 0.271. The molecule has 0 fully saturated rings. The lowest BCUT2D eigenvalue weighted by atomic mass is 10.2. The highest BCUT2D eigenvalue weighted by Crippen LogP contribution is 2.30. The van der Waals surface area contributed by atoms with Gasteiger partial charge < -0.3 is 10.1 Å². The molecule has 3 nitrogen and oxygen atoms in total. The van der Waals surface area contributed by atoms with Gasteiger partial charge in [0.2, 0.25) is 0 Å². The number of ether oxygens (including phenoxy) is 1. The number of benzene rings is 1. The highest BCUT2D eigenvalue weighted by atomic mass is 79.9. The standard InChI is InChI=1S/C13H17BrN2O/c1-9(2)16-8-11-5-4-6-12(14)13(11)17-10(3)7-15/h4-6,9-10,16H,8H2,1-3H3. The average Bonchev–Trinajstić information content (AvgIpc) is 2.29. The maximum absolute atomic E-state index is 8.79. The van der Waals surface area contributed by atoms with Gasteiger partial charge in [0.15, 0.2) is 6.10 Å². The largest absolute Gasteiger partial charge is 0.474 e. The molecular weight excluding hydrogens is 280 g/mol. The highest BCUT2D eigenvalue weighted by Gasteiger charge is 2.11. The molecule has 1 aromatic rings. The van der Waals surface area contributed by atoms with Crippen LogP contribution in [-0.2, 0) is 6.54 Å². The quantitative estimate of drug-likeness (QED) is 0.907. The second-order valence-electron chi connectivity index (χ2n) is 4.15. The fourth-order valence-corrected chi connectivity index (χ4v) is 1.84. The maximum Gasteiger partial charge on any atom is 0.181 e. The lowest BCUT2D eigenvalue weighted by Gasteiger charge is -2.16. The smallest absolute Gasteiger partial charge is 0.181 e. The lowest BCUT2D eigenvalue weighted by Crippen LogP contribution is -2.22. The van der Waals surface area contributed by atoms with Crippen LogP contribution in [0.4, 0.5) is 0 Å². The van der Waals surface area contributed by atoms with E-state index in [1.807, 2.05) is 18.2 Å². The van der Waals surface area contributed by atoms with Crippen LogP contribution in [0.1, 0.15) is 26.3 Å². The number of nitrogens with one attached hydrogen (secondary N) is 1. The van der Waals surface area contributed by atoms with Gasteiger partial charge in [-0.3, -0.25) is 0 Å². The van der Waals surface area contributed by atoms with Gasteiger partial charge in [-0.25, -0.2) is 0 Å². The highest BCUT2D eigenvalue weighted by molar-refractivity contribution is 9.10. The van der Waals surface area contributed by atoms with E-state index >= 15 is 0 Å². The van der Waals surface area contributed by atoms with Crippen molar-refractivity contribution in [1.82, 2.24) is 5.32 Å². The van der Waals surface area contributed by atoms with E-state index in [2.05, 4.69) is 41.2 Å². The number of hydrogen-bond donors (Lipinski definition) is 1. The first-order chi connectivity index (χ1) is 8.04. The van der Waals surface area contributed by atoms with Crippen LogP contribution in [0.5, 0.6) is 5.75 Å². The normalized spacial score (nSPS) is 12.2. The first kappa shape index (κ1) is 14.0. The molecule has 0 aliphatic carbocycles. The Balaban J connectivity index is 2.88. The minimum absolute atomic E-state index is 0.412. The van der Waals surface area contributed by atoms with Crippen LogP contribution in [0.3, 0.4) is 0 Å². The average molecular weight is 297 g/mol. The van der Waals surface area contributed by atoms with Gasteiger partial charge in [0, 0.05) is 18.2 Å². The molecule has 0 heterocycles. The molecule has 17 heavy (non-hydrogen) atoms. The Bertz CT molecular complexity index is 412. The molecule has 0 aliphatic rings. The molecule has 0 aromatic heterocycles. The van der Waals surface area contributed by atoms with Gasteiger partial charge in [-0.05, 0) is 28.9 Å². The fourth-order valence-electron chi connectivity index (χ4n) is 1.34. The summed E-state index contributed by atoms with van der Waals surface area (Å²) in [6.07, 6.45) is -0.452. The molecular formula is C13H17BrN2O. The number of hydrogen-bond acceptors (Lipinski definition) is 3. The molecule has 1 atom stereocenters. The van der Waals surface area contributed by atoms with Crippen molar-refractivity contribution in [2.45, 2.75) is 39.5 Å². The molecule has 1 unspecified atom stereocenters. The predicted octanol–water partition coefficient (Wildman–Crippen LogP) is 3.24. The molecule has 1 N–H and O–H groups in total. The molecule has 0 saturated heterocycles. The molecule has 0 spiro atoms. The third-order valence-electron chi connectivity index (χ3n) is 2.23. The molecule has 0 amide bonds. The van der Waals surface area contributed by atoms with Crippen molar-refractivity contribution >= 4 is 15.9 Å². The van der Waals surface area contributed by atoms with Crippen LogP contribution in [0.15, 0.2) is 22.7 Å². The Labute approximate surface area is 111 Å². The Morgan fingerprint density at radius 1 is 1.41 bits per heavy atom. The summed E-state index contributed by atoms with van der Waals surface area (Å²) in [4.78, 5) is 0. The Kier molecular flexibility index (Phi) is 5.46. The minimum atomic E-state index is -0.452. The first-order valence-corrected chi connectivity index (χ1v) is 6.41. The Morgan fingerprint density at radius 2 is 2.12 bits per heavy atom. The summed E-state index contributed by atoms with van der Waals surface area (Å²) in [5, 5.41) is 12.1. The molecule has 4 heteroatoms. The van der Waals surface area contributed by atoms with E-state index in [1.54, 1.807) is 6.92 Å². The summed E-state index contributed by atoms with van der Waals surface area (Å²) in [7, 11) is 0. The van der Waals surface area contributed by atoms with Crippen LogP contribution in [-0.4, -0.2) is 12.1 Å². The van der Waals surface area contributed by atoms with Gasteiger partial charge in [0.05, 0.1) is 4.47 Å². The van der Waals surface area contributed by atoms with Crippen molar-refractivity contribution in [3.8, 4) is 11.8 Å². The summed E-state index contributed by atoms with van der Waals surface area (Å²) in [6, 6.07) is 8.36. The van der Waals surface area contributed by atoms with Crippen molar-refractivity contribution in [3.05, 3.63) is 28.2 Å². The van der Waals surface area contributed by atoms with Crippen molar-refractivity contribution in [2.24, 2.45) is 0 Å². The molecule has 0 bridgehead atoms. The summed E-state index contributed by atoms with van der Waals surface area (Å²) in [5.74, 6) is 0.745. The first-order valence-electron chi connectivity index (χ1n) is 5.61. The van der Waals surface area contributed by atoms with Crippen LogP contribution in [0.2, 0.25) is 0 Å². The van der Waals surface area contributed by atoms with Gasteiger partial charge in [-0.15, -0.1) is 0 Å². The van der Waals surface area contributed by atoms with E-state index in [-0.39, 0.29) is 0 Å². The van der Waals surface area contributed by atoms with Crippen molar-refractivity contribution in [1.29, 1.82) is 5.26 Å². The second-order valence-corrected chi connectivity index (χ2v) is 5.01. The molecule has 1 rings (SSSR count). The number of nitriles is 1.